The van der Waals surface area contributed by atoms with Crippen LogP contribution in [0.15, 0.2) is 103 Å². The van der Waals surface area contributed by atoms with Crippen molar-refractivity contribution in [3.05, 3.63) is 120 Å². The monoisotopic (exact) mass is 522 g/mol. The molecule has 1 N–H and O–H groups in total. The molecule has 2 aromatic heterocycles. The van der Waals surface area contributed by atoms with Crippen molar-refractivity contribution in [2.45, 2.75) is 5.92 Å². The summed E-state index contributed by atoms with van der Waals surface area (Å²) >= 11 is 0. The molecule has 0 fully saturated rings. The zero-order valence-corrected chi connectivity index (χ0v) is 21.4. The molecule has 8 rings (SSSR count). The maximum Gasteiger partial charge on any atom is 0.228 e. The maximum absolute atomic E-state index is 11.2. The van der Waals surface area contributed by atoms with Crippen LogP contribution >= 0.6 is 0 Å². The van der Waals surface area contributed by atoms with E-state index in [0.717, 1.165) is 49.7 Å². The van der Waals surface area contributed by atoms with Gasteiger partial charge < -0.3 is 14.6 Å². The van der Waals surface area contributed by atoms with E-state index < -0.39 is 0 Å². The molecule has 0 spiro atoms. The molecule has 0 saturated carbocycles. The average molecular weight is 523 g/mol. The fourth-order valence-electron chi connectivity index (χ4n) is 5.78. The number of ether oxygens (including phenoxy) is 2. The number of phenolic OH excluding ortho intramolecular Hbond substituents is 1. The molecule has 3 heterocycles. The molecular formula is C33H22N4O3. The first kappa shape index (κ1) is 22.5. The van der Waals surface area contributed by atoms with Crippen molar-refractivity contribution in [2.75, 3.05) is 7.11 Å². The summed E-state index contributed by atoms with van der Waals surface area (Å²) in [4.78, 5) is 9.64. The highest BCUT2D eigenvalue weighted by Gasteiger charge is 2.35. The van der Waals surface area contributed by atoms with E-state index in [-0.39, 0.29) is 11.7 Å². The van der Waals surface area contributed by atoms with E-state index in [1.807, 2.05) is 66.7 Å². The van der Waals surface area contributed by atoms with Crippen LogP contribution in [-0.4, -0.2) is 31.8 Å². The third-order valence-electron chi connectivity index (χ3n) is 7.69. The smallest absolute Gasteiger partial charge is 0.228 e. The van der Waals surface area contributed by atoms with Crippen LogP contribution < -0.4 is 9.47 Å². The van der Waals surface area contributed by atoms with Gasteiger partial charge in [0.2, 0.25) is 5.88 Å². The average Bonchev–Trinajstić information content (AvgIpc) is 3.44. The Hall–Kier alpha value is -5.43. The van der Waals surface area contributed by atoms with Crippen LogP contribution in [0.1, 0.15) is 22.6 Å². The molecule has 7 nitrogen and oxygen atoms in total. The molecule has 7 heteroatoms. The minimum absolute atomic E-state index is 0.148. The van der Waals surface area contributed by atoms with E-state index in [2.05, 4.69) is 35.3 Å². The number of hydrogen-bond acceptors (Lipinski definition) is 6. The van der Waals surface area contributed by atoms with Crippen molar-refractivity contribution in [2.24, 2.45) is 0 Å². The third kappa shape index (κ3) is 3.27. The number of methoxy groups -OCH3 is 1. The molecule has 192 valence electrons. The van der Waals surface area contributed by atoms with Crippen LogP contribution in [0.2, 0.25) is 0 Å². The summed E-state index contributed by atoms with van der Waals surface area (Å²) < 4.78 is 13.5. The number of benzene rings is 5. The summed E-state index contributed by atoms with van der Waals surface area (Å²) in [5.41, 5.74) is 4.09. The van der Waals surface area contributed by atoms with Crippen molar-refractivity contribution < 1.29 is 14.6 Å². The Morgan fingerprint density at radius 2 is 1.52 bits per heavy atom. The lowest BCUT2D eigenvalue weighted by molar-refractivity contribution is 0.414. The standard InChI is InChI=1S/C33H22N4O3/c1-39-22-14-10-21(11-15-22)27-28-23-8-4-2-6-19(23)13-17-26(28)40-33-29(27)32-35-31(36-37(32)18-34-33)25-16-12-20-7-3-5-9-24(20)30(25)38/h2-18,27,38H,1H3. The minimum atomic E-state index is -0.228. The van der Waals surface area contributed by atoms with Gasteiger partial charge >= 0.3 is 0 Å². The van der Waals surface area contributed by atoms with Gasteiger partial charge in [-0.2, -0.15) is 0 Å². The Labute approximate surface area is 228 Å². The first-order valence-corrected chi connectivity index (χ1v) is 13.0. The highest BCUT2D eigenvalue weighted by Crippen LogP contribution is 2.50. The van der Waals surface area contributed by atoms with Crippen molar-refractivity contribution in [1.29, 1.82) is 0 Å². The summed E-state index contributed by atoms with van der Waals surface area (Å²) in [7, 11) is 1.66. The van der Waals surface area contributed by atoms with Gasteiger partial charge in [0.05, 0.1) is 18.2 Å². The molecule has 7 aromatic rings. The number of hydrogen-bond donors (Lipinski definition) is 1. The van der Waals surface area contributed by atoms with Crippen LogP contribution in [0.25, 0.3) is 38.6 Å². The number of phenols is 1. The number of aromatic hydroxyl groups is 1. The quantitative estimate of drug-likeness (QED) is 0.267. The van der Waals surface area contributed by atoms with E-state index in [0.29, 0.717) is 22.9 Å². The fourth-order valence-corrected chi connectivity index (χ4v) is 5.78. The predicted molar refractivity (Wildman–Crippen MR) is 153 cm³/mol. The Kier molecular flexibility index (Phi) is 4.81. The first-order chi connectivity index (χ1) is 19.7. The van der Waals surface area contributed by atoms with E-state index >= 15 is 0 Å². The second-order valence-electron chi connectivity index (χ2n) is 9.86. The highest BCUT2D eigenvalue weighted by molar-refractivity contribution is 5.94. The van der Waals surface area contributed by atoms with E-state index in [4.69, 9.17) is 19.6 Å². The van der Waals surface area contributed by atoms with Crippen molar-refractivity contribution in [1.82, 2.24) is 19.6 Å². The molecule has 0 radical (unpaired) electrons. The van der Waals surface area contributed by atoms with Crippen LogP contribution in [0, 0.1) is 0 Å². The molecule has 1 unspecified atom stereocenters. The van der Waals surface area contributed by atoms with Gasteiger partial charge in [-0.05, 0) is 46.0 Å². The molecular weight excluding hydrogens is 500 g/mol. The van der Waals surface area contributed by atoms with Gasteiger partial charge in [0.1, 0.15) is 23.6 Å². The molecule has 0 saturated heterocycles. The maximum atomic E-state index is 11.2. The summed E-state index contributed by atoms with van der Waals surface area (Å²) in [5, 5.41) is 19.8. The molecule has 40 heavy (non-hydrogen) atoms. The van der Waals surface area contributed by atoms with Crippen molar-refractivity contribution >= 4 is 27.2 Å². The Morgan fingerprint density at radius 1 is 0.800 bits per heavy atom. The highest BCUT2D eigenvalue weighted by atomic mass is 16.5. The Morgan fingerprint density at radius 3 is 2.33 bits per heavy atom. The van der Waals surface area contributed by atoms with Crippen molar-refractivity contribution in [3.63, 3.8) is 0 Å². The van der Waals surface area contributed by atoms with Crippen LogP contribution in [0.3, 0.4) is 0 Å². The second kappa shape index (κ2) is 8.54. The minimum Gasteiger partial charge on any atom is -0.507 e. The van der Waals surface area contributed by atoms with Crippen LogP contribution in [-0.2, 0) is 0 Å². The molecule has 1 aliphatic rings. The first-order valence-electron chi connectivity index (χ1n) is 13.0. The Balaban J connectivity index is 1.40. The van der Waals surface area contributed by atoms with Gasteiger partial charge in [-0.25, -0.2) is 14.5 Å². The summed E-state index contributed by atoms with van der Waals surface area (Å²) in [5.74, 6) is 2.36. The summed E-state index contributed by atoms with van der Waals surface area (Å²) in [6, 6.07) is 32.0. The third-order valence-corrected chi connectivity index (χ3v) is 7.69. The SMILES string of the molecule is COc1ccc(C2c3c(ccc4ccccc34)Oc3ncn4nc(-c5ccc6ccccc6c5O)nc4c32)cc1. The predicted octanol–water partition coefficient (Wildman–Crippen LogP) is 7.10. The normalized spacial score (nSPS) is 14.2. The van der Waals surface area contributed by atoms with Gasteiger partial charge in [-0.3, -0.25) is 0 Å². The van der Waals surface area contributed by atoms with Crippen molar-refractivity contribution in [3.8, 4) is 34.5 Å². The number of rotatable bonds is 3. The lowest BCUT2D eigenvalue weighted by atomic mass is 9.81. The van der Waals surface area contributed by atoms with Crippen LogP contribution in [0.4, 0.5) is 0 Å². The van der Waals surface area contributed by atoms with E-state index in [1.165, 1.54) is 0 Å². The summed E-state index contributed by atoms with van der Waals surface area (Å²) in [6.45, 7) is 0. The topological polar surface area (TPSA) is 81.8 Å². The second-order valence-corrected chi connectivity index (χ2v) is 9.86. The zero-order chi connectivity index (χ0) is 26.8. The lowest BCUT2D eigenvalue weighted by Gasteiger charge is -2.29. The molecule has 0 amide bonds. The van der Waals surface area contributed by atoms with Gasteiger partial charge in [-0.15, -0.1) is 5.10 Å². The van der Waals surface area contributed by atoms with Crippen LogP contribution in [0.5, 0.6) is 23.1 Å². The number of nitrogens with zero attached hydrogens (tertiary/aromatic N) is 4. The van der Waals surface area contributed by atoms with Gasteiger partial charge in [0.15, 0.2) is 11.5 Å². The molecule has 1 atom stereocenters. The number of aromatic nitrogens is 4. The van der Waals surface area contributed by atoms with E-state index in [9.17, 15) is 5.11 Å². The summed E-state index contributed by atoms with van der Waals surface area (Å²) in [6.07, 6.45) is 1.61. The lowest BCUT2D eigenvalue weighted by Crippen LogP contribution is -2.15. The van der Waals surface area contributed by atoms with E-state index in [1.54, 1.807) is 18.0 Å². The molecule has 0 bridgehead atoms. The molecule has 1 aliphatic heterocycles. The zero-order valence-electron chi connectivity index (χ0n) is 21.4. The molecule has 5 aromatic carbocycles. The van der Waals surface area contributed by atoms with Gasteiger partial charge in [-0.1, -0.05) is 72.8 Å². The van der Waals surface area contributed by atoms with Gasteiger partial charge in [0.25, 0.3) is 0 Å². The van der Waals surface area contributed by atoms with Gasteiger partial charge in [0, 0.05) is 16.9 Å². The number of fused-ring (bicyclic) bond motifs is 7. The molecule has 0 aliphatic carbocycles. The Bertz CT molecular complexity index is 2100. The largest absolute Gasteiger partial charge is 0.507 e. The fraction of sp³-hybridized carbons (Fsp3) is 0.0606.